The number of fused-ring (bicyclic) bond motifs is 1. The lowest BCUT2D eigenvalue weighted by atomic mass is 10.1. The van der Waals surface area contributed by atoms with Gasteiger partial charge in [-0.3, -0.25) is 9.89 Å². The molecule has 0 spiro atoms. The van der Waals surface area contributed by atoms with E-state index in [0.717, 1.165) is 16.5 Å². The summed E-state index contributed by atoms with van der Waals surface area (Å²) < 4.78 is 14.6. The number of nitrogens with one attached hydrogen (secondary N) is 3. The topological polar surface area (TPSA) is 138 Å². The van der Waals surface area contributed by atoms with Gasteiger partial charge in [-0.15, -0.1) is 0 Å². The average molecular weight is 502 g/mol. The lowest BCUT2D eigenvalue weighted by Gasteiger charge is -2.10. The second-order valence-electron chi connectivity index (χ2n) is 8.06. The summed E-state index contributed by atoms with van der Waals surface area (Å²) >= 11 is 6.51. The number of benzene rings is 3. The van der Waals surface area contributed by atoms with E-state index in [2.05, 4.69) is 25.5 Å². The van der Waals surface area contributed by atoms with Crippen molar-refractivity contribution >= 4 is 46.0 Å². The predicted octanol–water partition coefficient (Wildman–Crippen LogP) is 4.71. The number of nitrogens with zero attached hydrogens (tertiary/aromatic N) is 2. The molecule has 5 rings (SSSR count). The van der Waals surface area contributed by atoms with Crippen molar-refractivity contribution < 1.29 is 9.18 Å². The van der Waals surface area contributed by atoms with Gasteiger partial charge >= 0.3 is 0 Å². The fourth-order valence-electron chi connectivity index (χ4n) is 3.80. The van der Waals surface area contributed by atoms with Crippen molar-refractivity contribution in [1.82, 2.24) is 25.5 Å². The van der Waals surface area contributed by atoms with Gasteiger partial charge in [-0.2, -0.15) is 5.10 Å². The van der Waals surface area contributed by atoms with Crippen molar-refractivity contribution in [2.75, 3.05) is 5.73 Å². The van der Waals surface area contributed by atoms with Crippen LogP contribution < -0.4 is 16.8 Å². The van der Waals surface area contributed by atoms with Gasteiger partial charge in [0.05, 0.1) is 16.8 Å². The third-order valence-electron chi connectivity index (χ3n) is 5.65. The van der Waals surface area contributed by atoms with Crippen LogP contribution in [0.1, 0.15) is 27.3 Å². The van der Waals surface area contributed by atoms with Crippen LogP contribution in [0.15, 0.2) is 66.7 Å². The van der Waals surface area contributed by atoms with Crippen molar-refractivity contribution in [3.63, 3.8) is 0 Å². The number of carbonyl (C=O) groups is 1. The van der Waals surface area contributed by atoms with Gasteiger partial charge in [0.25, 0.3) is 5.91 Å². The van der Waals surface area contributed by atoms with E-state index in [1.54, 1.807) is 12.1 Å². The number of nitrogen functional groups attached to an aromatic ring is 1. The van der Waals surface area contributed by atoms with Gasteiger partial charge in [-0.05, 0) is 41.5 Å². The van der Waals surface area contributed by atoms with Crippen LogP contribution in [0, 0.1) is 5.82 Å². The highest BCUT2D eigenvalue weighted by Crippen LogP contribution is 2.31. The molecule has 0 atom stereocenters. The molecule has 8 nitrogen and oxygen atoms in total. The lowest BCUT2D eigenvalue weighted by molar-refractivity contribution is 0.0969. The fourth-order valence-corrected chi connectivity index (χ4v) is 4.04. The summed E-state index contributed by atoms with van der Waals surface area (Å²) in [5.74, 6) is -0.607. The Morgan fingerprint density at radius 2 is 1.92 bits per heavy atom. The van der Waals surface area contributed by atoms with E-state index in [-0.39, 0.29) is 17.3 Å². The predicted molar refractivity (Wildman–Crippen MR) is 139 cm³/mol. The van der Waals surface area contributed by atoms with E-state index in [1.807, 2.05) is 48.5 Å². The summed E-state index contributed by atoms with van der Waals surface area (Å²) in [6.07, 6.45) is 1.72. The summed E-state index contributed by atoms with van der Waals surface area (Å²) in [5.41, 5.74) is 14.9. The molecule has 10 heteroatoms. The minimum absolute atomic E-state index is 0.119. The molecule has 0 saturated heterocycles. The first-order valence-corrected chi connectivity index (χ1v) is 11.4. The number of carbonyl (C=O) groups excluding carboxylic acids is 1. The Balaban J connectivity index is 1.53. The number of anilines is 1. The van der Waals surface area contributed by atoms with Crippen LogP contribution in [0.4, 0.5) is 10.2 Å². The van der Waals surface area contributed by atoms with Crippen LogP contribution in [0.2, 0.25) is 5.15 Å². The number of hydrogen-bond donors (Lipinski definition) is 5. The van der Waals surface area contributed by atoms with Crippen LogP contribution in [-0.4, -0.2) is 26.1 Å². The van der Waals surface area contributed by atoms with E-state index in [1.165, 1.54) is 12.1 Å². The summed E-state index contributed by atoms with van der Waals surface area (Å²) in [5, 5.41) is 10.7. The second kappa shape index (κ2) is 9.65. The van der Waals surface area contributed by atoms with Gasteiger partial charge in [0.15, 0.2) is 11.6 Å². The fraction of sp³-hybridized carbons (Fsp3) is 0.0385. The third-order valence-corrected chi connectivity index (χ3v) is 5.93. The molecule has 2 heterocycles. The molecule has 0 bridgehead atoms. The maximum Gasteiger partial charge on any atom is 0.258 e. The van der Waals surface area contributed by atoms with Crippen molar-refractivity contribution in [3.8, 4) is 11.3 Å². The standard InChI is InChI=1S/C26H21ClFN7O/c27-23-22(16-7-9-18-20(12-16)34-35-24(18)30)32-25(33-23)21(11-14-4-2-1-3-5-14)31-26(36)17-8-6-15(13-29)10-19(17)28/h1-12H,13,29H2,(H,31,36)(H,32,33)(H3,30,34,35). The van der Waals surface area contributed by atoms with E-state index < -0.39 is 11.7 Å². The molecule has 5 aromatic rings. The van der Waals surface area contributed by atoms with Crippen LogP contribution in [-0.2, 0) is 6.54 Å². The molecule has 0 saturated carbocycles. The quantitative estimate of drug-likeness (QED) is 0.229. The van der Waals surface area contributed by atoms with Crippen LogP contribution >= 0.6 is 11.6 Å². The first kappa shape index (κ1) is 23.3. The van der Waals surface area contributed by atoms with Gasteiger partial charge in [0.1, 0.15) is 16.7 Å². The highest BCUT2D eigenvalue weighted by Gasteiger charge is 2.19. The third kappa shape index (κ3) is 4.57. The van der Waals surface area contributed by atoms with E-state index in [9.17, 15) is 9.18 Å². The van der Waals surface area contributed by atoms with Gasteiger partial charge < -0.3 is 21.8 Å². The smallest absolute Gasteiger partial charge is 0.258 e. The Labute approximate surface area is 210 Å². The SMILES string of the molecule is NCc1ccc(C(=O)NC(=Cc2ccccc2)c2nc(-c3ccc4c(N)n[nH]c4c3)c(Cl)[nH]2)c(F)c1. The van der Waals surface area contributed by atoms with Crippen molar-refractivity contribution in [1.29, 1.82) is 0 Å². The Morgan fingerprint density at radius 3 is 2.67 bits per heavy atom. The van der Waals surface area contributed by atoms with Crippen molar-refractivity contribution in [2.24, 2.45) is 5.73 Å². The van der Waals surface area contributed by atoms with Gasteiger partial charge in [-0.1, -0.05) is 54.1 Å². The highest BCUT2D eigenvalue weighted by molar-refractivity contribution is 6.32. The zero-order valence-corrected chi connectivity index (χ0v) is 19.6. The maximum atomic E-state index is 14.6. The van der Waals surface area contributed by atoms with E-state index in [0.29, 0.717) is 34.2 Å². The average Bonchev–Trinajstić information content (AvgIpc) is 3.46. The highest BCUT2D eigenvalue weighted by atomic mass is 35.5. The number of imidazole rings is 1. The zero-order chi connectivity index (χ0) is 25.2. The van der Waals surface area contributed by atoms with E-state index in [4.69, 9.17) is 23.1 Å². The molecule has 0 aliphatic heterocycles. The minimum Gasteiger partial charge on any atom is -0.382 e. The van der Waals surface area contributed by atoms with Gasteiger partial charge in [0.2, 0.25) is 0 Å². The molecular weight excluding hydrogens is 481 g/mol. The number of rotatable bonds is 6. The monoisotopic (exact) mass is 501 g/mol. The second-order valence-corrected chi connectivity index (χ2v) is 8.44. The van der Waals surface area contributed by atoms with E-state index >= 15 is 0 Å². The molecule has 2 aromatic heterocycles. The Hall–Kier alpha value is -4.47. The molecule has 0 aliphatic rings. The van der Waals surface area contributed by atoms with Crippen LogP contribution in [0.3, 0.4) is 0 Å². The molecule has 7 N–H and O–H groups in total. The van der Waals surface area contributed by atoms with Crippen LogP contribution in [0.25, 0.3) is 33.9 Å². The molecule has 0 radical (unpaired) electrons. The van der Waals surface area contributed by atoms with Crippen LogP contribution in [0.5, 0.6) is 0 Å². The summed E-state index contributed by atoms with van der Waals surface area (Å²) in [7, 11) is 0. The molecular formula is C26H21ClFN7O. The number of nitrogens with two attached hydrogens (primary N) is 2. The molecule has 0 unspecified atom stereocenters. The zero-order valence-electron chi connectivity index (χ0n) is 18.8. The molecule has 36 heavy (non-hydrogen) atoms. The maximum absolute atomic E-state index is 14.6. The first-order chi connectivity index (χ1) is 17.4. The molecule has 180 valence electrons. The largest absolute Gasteiger partial charge is 0.382 e. The van der Waals surface area contributed by atoms with Gasteiger partial charge in [0, 0.05) is 17.5 Å². The molecule has 3 aromatic carbocycles. The number of amides is 1. The van der Waals surface area contributed by atoms with Gasteiger partial charge in [-0.25, -0.2) is 9.37 Å². The number of halogens is 2. The minimum atomic E-state index is -0.667. The van der Waals surface area contributed by atoms with Crippen molar-refractivity contribution in [3.05, 3.63) is 100 Å². The summed E-state index contributed by atoms with van der Waals surface area (Å²) in [6.45, 7) is 0.169. The number of hydrogen-bond acceptors (Lipinski definition) is 5. The van der Waals surface area contributed by atoms with Crippen molar-refractivity contribution in [2.45, 2.75) is 6.54 Å². The first-order valence-electron chi connectivity index (χ1n) is 11.0. The Kier molecular flexibility index (Phi) is 6.24. The molecule has 0 aliphatic carbocycles. The number of H-pyrrole nitrogens is 2. The molecule has 0 fully saturated rings. The molecule has 1 amide bonds. The summed E-state index contributed by atoms with van der Waals surface area (Å²) in [6, 6.07) is 19.1. The summed E-state index contributed by atoms with van der Waals surface area (Å²) in [4.78, 5) is 20.7. The lowest BCUT2D eigenvalue weighted by Crippen LogP contribution is -2.23. The number of aromatic amines is 2. The number of aromatic nitrogens is 4. The normalized spacial score (nSPS) is 11.7. The Morgan fingerprint density at radius 1 is 1.11 bits per heavy atom. The Bertz CT molecular complexity index is 1610.